The van der Waals surface area contributed by atoms with Crippen molar-refractivity contribution in [3.8, 4) is 0 Å². The molecule has 2 atom stereocenters. The second kappa shape index (κ2) is 6.79. The number of carbonyl (C=O) groups is 1. The molecule has 2 aromatic rings. The molecule has 2 aromatic heterocycles. The average molecular weight is 358 g/mol. The molecule has 1 aliphatic heterocycles. The Labute approximate surface area is 141 Å². The van der Waals surface area contributed by atoms with Crippen molar-refractivity contribution in [2.45, 2.75) is 24.7 Å². The molecule has 3 rings (SSSR count). The number of hydrogen-bond donors (Lipinski definition) is 2. The fourth-order valence-electron chi connectivity index (χ4n) is 2.77. The number of aromatic nitrogens is 2. The summed E-state index contributed by atoms with van der Waals surface area (Å²) in [5, 5.41) is 9.29. The Kier molecular flexibility index (Phi) is 4.71. The highest BCUT2D eigenvalue weighted by Gasteiger charge is 2.47. The molecule has 0 aromatic carbocycles. The number of carbonyl (C=O) groups excluding carboxylic acids is 1. The lowest BCUT2D eigenvalue weighted by Gasteiger charge is -2.32. The van der Waals surface area contributed by atoms with E-state index in [0.717, 1.165) is 10.9 Å². The summed E-state index contributed by atoms with van der Waals surface area (Å²) >= 11 is 0. The lowest BCUT2D eigenvalue weighted by atomic mass is 10.0. The van der Waals surface area contributed by atoms with Gasteiger partial charge in [-0.2, -0.15) is 18.3 Å². The molecule has 1 amide bonds. The topological polar surface area (TPSA) is 81.3 Å². The van der Waals surface area contributed by atoms with E-state index in [4.69, 9.17) is 9.15 Å². The maximum Gasteiger partial charge on any atom is 0.410 e. The highest BCUT2D eigenvalue weighted by atomic mass is 19.4. The third kappa shape index (κ3) is 3.48. The van der Waals surface area contributed by atoms with Gasteiger partial charge in [-0.15, -0.1) is 0 Å². The molecule has 3 heterocycles. The second-order valence-corrected chi connectivity index (χ2v) is 5.61. The number of nitrogens with zero attached hydrogens (tertiary/aromatic N) is 2. The molecule has 0 bridgehead atoms. The summed E-state index contributed by atoms with van der Waals surface area (Å²) in [6, 6.07) is 0.634. The molecule has 2 N–H and O–H groups in total. The number of amides is 1. The molecule has 136 valence electrons. The van der Waals surface area contributed by atoms with Crippen LogP contribution in [0.25, 0.3) is 0 Å². The van der Waals surface area contributed by atoms with Crippen LogP contribution in [0.2, 0.25) is 0 Å². The van der Waals surface area contributed by atoms with Crippen LogP contribution >= 0.6 is 0 Å². The van der Waals surface area contributed by atoms with Gasteiger partial charge >= 0.3 is 6.18 Å². The van der Waals surface area contributed by atoms with E-state index in [-0.39, 0.29) is 24.3 Å². The highest BCUT2D eigenvalue weighted by Crippen LogP contribution is 2.44. The first-order valence-corrected chi connectivity index (χ1v) is 7.63. The number of methoxy groups -OCH3 is 1. The Morgan fingerprint density at radius 1 is 1.56 bits per heavy atom. The summed E-state index contributed by atoms with van der Waals surface area (Å²) in [6.07, 6.45) is -2.26. The van der Waals surface area contributed by atoms with E-state index in [2.05, 4.69) is 15.7 Å². The predicted octanol–water partition coefficient (Wildman–Crippen LogP) is 2.51. The first kappa shape index (κ1) is 17.3. The number of halogens is 3. The molecule has 0 unspecified atom stereocenters. The zero-order valence-electron chi connectivity index (χ0n) is 13.3. The van der Waals surface area contributed by atoms with Crippen LogP contribution < -0.4 is 10.6 Å². The molecule has 0 aliphatic carbocycles. The van der Waals surface area contributed by atoms with Crippen molar-refractivity contribution < 1.29 is 27.1 Å². The van der Waals surface area contributed by atoms with E-state index in [1.165, 1.54) is 13.4 Å². The van der Waals surface area contributed by atoms with Gasteiger partial charge in [-0.05, 0) is 12.1 Å². The Hall–Kier alpha value is -2.49. The SMILES string of the molecule is COCCNC(=O)c1cnn2c1N[C@@H](c1ccco1)C[C@@H]2C(F)(F)F. The summed E-state index contributed by atoms with van der Waals surface area (Å²) in [4.78, 5) is 12.2. The number of alkyl halides is 3. The quantitative estimate of drug-likeness (QED) is 0.803. The number of anilines is 1. The molecule has 0 saturated heterocycles. The van der Waals surface area contributed by atoms with E-state index >= 15 is 0 Å². The molecule has 1 aliphatic rings. The zero-order chi connectivity index (χ0) is 18.0. The first-order valence-electron chi connectivity index (χ1n) is 7.63. The van der Waals surface area contributed by atoms with Gasteiger partial charge in [0, 0.05) is 20.1 Å². The predicted molar refractivity (Wildman–Crippen MR) is 81.2 cm³/mol. The fraction of sp³-hybridized carbons (Fsp3) is 0.467. The molecule has 10 heteroatoms. The van der Waals surface area contributed by atoms with E-state index in [1.807, 2.05) is 0 Å². The standard InChI is InChI=1S/C15H17F3N4O3/c1-24-6-4-19-14(23)9-8-20-22-12(15(16,17)18)7-10(21-13(9)22)11-3-2-5-25-11/h2-3,5,8,10,12,21H,4,6-7H2,1H3,(H,19,23)/t10-,12-/m1/s1. The lowest BCUT2D eigenvalue weighted by Crippen LogP contribution is -2.36. The number of fused-ring (bicyclic) bond motifs is 1. The number of nitrogens with one attached hydrogen (secondary N) is 2. The van der Waals surface area contributed by atoms with Gasteiger partial charge in [-0.3, -0.25) is 4.79 Å². The monoisotopic (exact) mass is 358 g/mol. The molecule has 0 saturated carbocycles. The number of rotatable bonds is 5. The summed E-state index contributed by atoms with van der Waals surface area (Å²) in [5.41, 5.74) is 0.0432. The van der Waals surface area contributed by atoms with Crippen molar-refractivity contribution in [3.63, 3.8) is 0 Å². The Bertz CT molecular complexity index is 727. The third-order valence-electron chi connectivity index (χ3n) is 3.96. The Balaban J connectivity index is 1.92. The van der Waals surface area contributed by atoms with Gasteiger partial charge in [0.15, 0.2) is 6.04 Å². The summed E-state index contributed by atoms with van der Waals surface area (Å²) in [7, 11) is 1.48. The van der Waals surface area contributed by atoms with Crippen molar-refractivity contribution in [1.82, 2.24) is 15.1 Å². The first-order chi connectivity index (χ1) is 11.9. The van der Waals surface area contributed by atoms with Gasteiger partial charge in [-0.1, -0.05) is 0 Å². The van der Waals surface area contributed by atoms with E-state index in [1.54, 1.807) is 12.1 Å². The van der Waals surface area contributed by atoms with Crippen molar-refractivity contribution in [3.05, 3.63) is 35.9 Å². The van der Waals surface area contributed by atoms with Gasteiger partial charge in [0.1, 0.15) is 17.1 Å². The normalized spacial score (nSPS) is 20.0. The van der Waals surface area contributed by atoms with Crippen LogP contribution in [-0.4, -0.2) is 42.1 Å². The molecular weight excluding hydrogens is 341 g/mol. The van der Waals surface area contributed by atoms with Gasteiger partial charge < -0.3 is 19.8 Å². The molecule has 7 nitrogen and oxygen atoms in total. The minimum atomic E-state index is -4.50. The van der Waals surface area contributed by atoms with Gasteiger partial charge in [0.05, 0.1) is 25.1 Å². The number of hydrogen-bond acceptors (Lipinski definition) is 5. The summed E-state index contributed by atoms with van der Waals surface area (Å²) < 4.78 is 51.2. The van der Waals surface area contributed by atoms with Crippen LogP contribution in [0.4, 0.5) is 19.0 Å². The molecule has 0 fully saturated rings. The van der Waals surface area contributed by atoms with Crippen LogP contribution in [-0.2, 0) is 4.74 Å². The number of ether oxygens (including phenoxy) is 1. The van der Waals surface area contributed by atoms with Crippen LogP contribution in [0.3, 0.4) is 0 Å². The minimum absolute atomic E-state index is 0.0184. The third-order valence-corrected chi connectivity index (χ3v) is 3.96. The van der Waals surface area contributed by atoms with Crippen molar-refractivity contribution in [2.75, 3.05) is 25.6 Å². The van der Waals surface area contributed by atoms with Crippen LogP contribution in [0.5, 0.6) is 0 Å². The van der Waals surface area contributed by atoms with Crippen LogP contribution in [0.15, 0.2) is 29.0 Å². The zero-order valence-corrected chi connectivity index (χ0v) is 13.3. The Morgan fingerprint density at radius 3 is 3.00 bits per heavy atom. The fourth-order valence-corrected chi connectivity index (χ4v) is 2.77. The summed E-state index contributed by atoms with van der Waals surface area (Å²) in [6.45, 7) is 0.535. The maximum atomic E-state index is 13.5. The molecule has 0 radical (unpaired) electrons. The molecule has 0 spiro atoms. The maximum absolute atomic E-state index is 13.5. The van der Waals surface area contributed by atoms with Crippen molar-refractivity contribution in [2.24, 2.45) is 0 Å². The van der Waals surface area contributed by atoms with E-state index in [0.29, 0.717) is 12.4 Å². The van der Waals surface area contributed by atoms with Gasteiger partial charge in [0.25, 0.3) is 5.91 Å². The smallest absolute Gasteiger partial charge is 0.410 e. The van der Waals surface area contributed by atoms with E-state index < -0.39 is 24.2 Å². The molecular formula is C15H17F3N4O3. The summed E-state index contributed by atoms with van der Waals surface area (Å²) in [5.74, 6) is -0.135. The number of furan rings is 1. The van der Waals surface area contributed by atoms with Gasteiger partial charge in [-0.25, -0.2) is 4.68 Å². The molecule has 25 heavy (non-hydrogen) atoms. The van der Waals surface area contributed by atoms with E-state index in [9.17, 15) is 18.0 Å². The highest BCUT2D eigenvalue weighted by molar-refractivity contribution is 5.98. The van der Waals surface area contributed by atoms with Crippen molar-refractivity contribution in [1.29, 1.82) is 0 Å². The second-order valence-electron chi connectivity index (χ2n) is 5.61. The van der Waals surface area contributed by atoms with Crippen molar-refractivity contribution >= 4 is 11.7 Å². The Morgan fingerprint density at radius 2 is 2.36 bits per heavy atom. The van der Waals surface area contributed by atoms with Gasteiger partial charge in [0.2, 0.25) is 0 Å². The largest absolute Gasteiger partial charge is 0.467 e. The average Bonchev–Trinajstić information content (AvgIpc) is 3.22. The lowest BCUT2D eigenvalue weighted by molar-refractivity contribution is -0.174. The van der Waals surface area contributed by atoms with Crippen LogP contribution in [0.1, 0.15) is 34.6 Å². The minimum Gasteiger partial charge on any atom is -0.467 e. The van der Waals surface area contributed by atoms with Crippen LogP contribution in [0, 0.1) is 0 Å².